The van der Waals surface area contributed by atoms with Crippen LogP contribution in [-0.4, -0.2) is 53.7 Å². The van der Waals surface area contributed by atoms with Gasteiger partial charge in [0.25, 0.3) is 5.91 Å². The summed E-state index contributed by atoms with van der Waals surface area (Å²) in [5, 5.41) is 63.7. The molecule has 152 valence electrons. The third-order valence-corrected chi connectivity index (χ3v) is 6.02. The summed E-state index contributed by atoms with van der Waals surface area (Å²) in [4.78, 5) is 37.0. The largest absolute Gasteiger partial charge is 0.508 e. The van der Waals surface area contributed by atoms with Gasteiger partial charge in [0, 0.05) is 17.9 Å². The Morgan fingerprint density at radius 1 is 1.10 bits per heavy atom. The highest BCUT2D eigenvalue weighted by Crippen LogP contribution is 2.56. The van der Waals surface area contributed by atoms with Crippen molar-refractivity contribution in [2.24, 2.45) is 17.6 Å². The van der Waals surface area contributed by atoms with Crippen LogP contribution in [0.4, 0.5) is 0 Å². The monoisotopic (exact) mass is 403 g/mol. The van der Waals surface area contributed by atoms with Crippen LogP contribution in [0.3, 0.4) is 0 Å². The zero-order chi connectivity index (χ0) is 21.5. The van der Waals surface area contributed by atoms with Crippen LogP contribution < -0.4 is 5.73 Å². The fourth-order valence-electron chi connectivity index (χ4n) is 4.61. The molecule has 1 fully saturated rings. The number of aromatic hydroxyl groups is 1. The number of primary amides is 1. The molecule has 1 aromatic rings. The Balaban J connectivity index is 2.01. The molecule has 0 radical (unpaired) electrons. The normalized spacial score (nSPS) is 30.6. The fourth-order valence-corrected chi connectivity index (χ4v) is 4.61. The van der Waals surface area contributed by atoms with Crippen molar-refractivity contribution in [2.75, 3.05) is 0 Å². The lowest BCUT2D eigenvalue weighted by atomic mass is 9.58. The molecule has 3 unspecified atom stereocenters. The molecule has 1 saturated carbocycles. The van der Waals surface area contributed by atoms with E-state index in [9.17, 15) is 45.0 Å². The summed E-state index contributed by atoms with van der Waals surface area (Å²) in [7, 11) is 0. The van der Waals surface area contributed by atoms with Gasteiger partial charge in [-0.25, -0.2) is 0 Å². The second-order valence-corrected chi connectivity index (χ2v) is 7.48. The SMILES string of the molecule is NC(=O)C1=C(O)C2(O)C(=O)C3=C(O)c4c(O)cccc4C(O)(O)C3CC2CC1=O. The van der Waals surface area contributed by atoms with Crippen molar-refractivity contribution in [2.45, 2.75) is 24.2 Å². The molecule has 1 amide bonds. The van der Waals surface area contributed by atoms with Gasteiger partial charge in [-0.1, -0.05) is 12.1 Å². The molecule has 29 heavy (non-hydrogen) atoms. The van der Waals surface area contributed by atoms with E-state index in [2.05, 4.69) is 0 Å². The smallest absolute Gasteiger partial charge is 0.255 e. The molecule has 1 aromatic carbocycles. The third-order valence-electron chi connectivity index (χ3n) is 6.02. The Morgan fingerprint density at radius 2 is 1.76 bits per heavy atom. The lowest BCUT2D eigenvalue weighted by Crippen LogP contribution is -2.60. The summed E-state index contributed by atoms with van der Waals surface area (Å²) in [6, 6.07) is 3.70. The number of aliphatic hydroxyl groups excluding tert-OH is 2. The highest BCUT2D eigenvalue weighted by atomic mass is 16.5. The van der Waals surface area contributed by atoms with Gasteiger partial charge in [0.05, 0.1) is 17.1 Å². The van der Waals surface area contributed by atoms with Crippen LogP contribution in [0.25, 0.3) is 5.76 Å². The van der Waals surface area contributed by atoms with Crippen molar-refractivity contribution in [1.82, 2.24) is 0 Å². The van der Waals surface area contributed by atoms with Crippen LogP contribution in [0.15, 0.2) is 35.1 Å². The van der Waals surface area contributed by atoms with E-state index in [0.29, 0.717) is 0 Å². The molecule has 10 nitrogen and oxygen atoms in total. The topological polar surface area (TPSA) is 199 Å². The lowest BCUT2D eigenvalue weighted by molar-refractivity contribution is -0.217. The molecule has 0 aromatic heterocycles. The van der Waals surface area contributed by atoms with Crippen molar-refractivity contribution in [3.8, 4) is 5.75 Å². The maximum absolute atomic E-state index is 13.2. The predicted octanol–water partition coefficient (Wildman–Crippen LogP) is -0.981. The van der Waals surface area contributed by atoms with E-state index < -0.39 is 87.5 Å². The quantitative estimate of drug-likeness (QED) is 0.227. The lowest BCUT2D eigenvalue weighted by Gasteiger charge is -2.49. The fraction of sp³-hybridized carbons (Fsp3) is 0.316. The molecule has 8 N–H and O–H groups in total. The van der Waals surface area contributed by atoms with Gasteiger partial charge >= 0.3 is 0 Å². The Hall–Kier alpha value is -3.21. The molecule has 0 heterocycles. The van der Waals surface area contributed by atoms with Gasteiger partial charge in [0.2, 0.25) is 5.78 Å². The van der Waals surface area contributed by atoms with E-state index in [4.69, 9.17) is 5.73 Å². The molecule has 3 atom stereocenters. The van der Waals surface area contributed by atoms with Crippen molar-refractivity contribution < 1.29 is 45.0 Å². The number of hydrogen-bond donors (Lipinski definition) is 7. The number of carbonyl (C=O) groups excluding carboxylic acids is 3. The van der Waals surface area contributed by atoms with E-state index in [-0.39, 0.29) is 5.56 Å². The zero-order valence-electron chi connectivity index (χ0n) is 14.8. The summed E-state index contributed by atoms with van der Waals surface area (Å²) in [5.41, 5.74) is 0.0744. The molecule has 0 aliphatic heterocycles. The van der Waals surface area contributed by atoms with E-state index >= 15 is 0 Å². The second-order valence-electron chi connectivity index (χ2n) is 7.48. The first kappa shape index (κ1) is 19.1. The Kier molecular flexibility index (Phi) is 3.73. The van der Waals surface area contributed by atoms with E-state index in [1.165, 1.54) is 12.1 Å². The van der Waals surface area contributed by atoms with Gasteiger partial charge in [-0.3, -0.25) is 14.4 Å². The molecule has 3 aliphatic carbocycles. The molecule has 4 rings (SSSR count). The number of phenolic OH excluding ortho intramolecular Hbond substituents is 1. The number of rotatable bonds is 1. The Morgan fingerprint density at radius 3 is 2.38 bits per heavy atom. The number of fused-ring (bicyclic) bond motifs is 3. The van der Waals surface area contributed by atoms with Crippen LogP contribution in [0, 0.1) is 11.8 Å². The van der Waals surface area contributed by atoms with Crippen molar-refractivity contribution in [3.05, 3.63) is 46.2 Å². The maximum atomic E-state index is 13.2. The zero-order valence-corrected chi connectivity index (χ0v) is 14.8. The van der Waals surface area contributed by atoms with Crippen LogP contribution in [0.1, 0.15) is 24.0 Å². The van der Waals surface area contributed by atoms with E-state index in [1.807, 2.05) is 0 Å². The average molecular weight is 403 g/mol. The number of amides is 1. The first-order valence-corrected chi connectivity index (χ1v) is 8.68. The number of ketones is 2. The van der Waals surface area contributed by atoms with Gasteiger partial charge in [0.15, 0.2) is 17.2 Å². The molecule has 0 spiro atoms. The number of Topliss-reactive ketones (excluding diaryl/α,β-unsaturated/α-hetero) is 2. The van der Waals surface area contributed by atoms with Crippen molar-refractivity contribution in [3.63, 3.8) is 0 Å². The average Bonchev–Trinajstić information content (AvgIpc) is 2.62. The summed E-state index contributed by atoms with van der Waals surface area (Å²) in [6.07, 6.45) is -0.955. The van der Waals surface area contributed by atoms with Crippen LogP contribution in [0.2, 0.25) is 0 Å². The summed E-state index contributed by atoms with van der Waals surface area (Å²) in [5.74, 6) is -11.6. The molecular formula is C19H17NO9. The first-order valence-electron chi connectivity index (χ1n) is 8.68. The van der Waals surface area contributed by atoms with Gasteiger partial charge in [-0.2, -0.15) is 0 Å². The number of benzene rings is 1. The highest BCUT2D eigenvalue weighted by molar-refractivity contribution is 6.22. The Labute approximate surface area is 162 Å². The first-order chi connectivity index (χ1) is 13.4. The number of hydrogen-bond acceptors (Lipinski definition) is 9. The van der Waals surface area contributed by atoms with E-state index in [0.717, 1.165) is 6.07 Å². The summed E-state index contributed by atoms with van der Waals surface area (Å²) < 4.78 is 0. The Bertz CT molecular complexity index is 1070. The number of carbonyl (C=O) groups is 3. The van der Waals surface area contributed by atoms with Crippen LogP contribution in [0.5, 0.6) is 5.75 Å². The molecule has 10 heteroatoms. The van der Waals surface area contributed by atoms with E-state index in [1.54, 1.807) is 0 Å². The minimum Gasteiger partial charge on any atom is -0.508 e. The molecular weight excluding hydrogens is 386 g/mol. The van der Waals surface area contributed by atoms with Crippen LogP contribution >= 0.6 is 0 Å². The standard InChI is InChI=1S/C19H17NO9/c20-17(26)13-10(22)5-6-4-8-12(15(24)18(6,27)16(13)25)14(23)11-7(19(8,28)29)2-1-3-9(11)21/h1-3,6,8,21,23,25,27-29H,4-5H2,(H2,20,26). The summed E-state index contributed by atoms with van der Waals surface area (Å²) in [6.45, 7) is 0. The van der Waals surface area contributed by atoms with Crippen molar-refractivity contribution >= 4 is 23.2 Å². The number of nitrogens with two attached hydrogens (primary N) is 1. The minimum absolute atomic E-state index is 0.262. The molecule has 3 aliphatic rings. The predicted molar refractivity (Wildman–Crippen MR) is 93.8 cm³/mol. The number of aliphatic hydroxyl groups is 5. The van der Waals surface area contributed by atoms with Gasteiger partial charge in [-0.15, -0.1) is 0 Å². The minimum atomic E-state index is -2.77. The highest BCUT2D eigenvalue weighted by Gasteiger charge is 2.64. The third kappa shape index (κ3) is 2.18. The summed E-state index contributed by atoms with van der Waals surface area (Å²) >= 11 is 0. The maximum Gasteiger partial charge on any atom is 0.255 e. The number of phenols is 1. The van der Waals surface area contributed by atoms with Crippen LogP contribution in [-0.2, 0) is 20.2 Å². The molecule has 0 bridgehead atoms. The second kappa shape index (κ2) is 5.66. The molecule has 0 saturated heterocycles. The van der Waals surface area contributed by atoms with Gasteiger partial charge < -0.3 is 36.4 Å². The van der Waals surface area contributed by atoms with Gasteiger partial charge in [-0.05, 0) is 12.5 Å². The van der Waals surface area contributed by atoms with Gasteiger partial charge in [0.1, 0.15) is 22.8 Å². The van der Waals surface area contributed by atoms with Crippen molar-refractivity contribution in [1.29, 1.82) is 0 Å².